The van der Waals surface area contributed by atoms with Crippen LogP contribution in [0.1, 0.15) is 18.4 Å². The van der Waals surface area contributed by atoms with E-state index in [2.05, 4.69) is 5.32 Å². The minimum atomic E-state index is -0.490. The lowest BCUT2D eigenvalue weighted by Crippen LogP contribution is -2.28. The van der Waals surface area contributed by atoms with Crippen LogP contribution in [-0.4, -0.2) is 5.91 Å². The predicted molar refractivity (Wildman–Crippen MR) is 86.9 cm³/mol. The van der Waals surface area contributed by atoms with Gasteiger partial charge in [-0.25, -0.2) is 0 Å². The van der Waals surface area contributed by atoms with Crippen molar-refractivity contribution in [2.75, 3.05) is 11.1 Å². The first-order valence-corrected chi connectivity index (χ1v) is 7.40. The van der Waals surface area contributed by atoms with Crippen LogP contribution >= 0.6 is 23.2 Å². The van der Waals surface area contributed by atoms with Gasteiger partial charge in [0, 0.05) is 5.69 Å². The molecule has 2 aromatic rings. The van der Waals surface area contributed by atoms with Crippen molar-refractivity contribution in [3.63, 3.8) is 0 Å². The lowest BCUT2D eigenvalue weighted by Gasteiger charge is -2.17. The zero-order valence-electron chi connectivity index (χ0n) is 11.2. The van der Waals surface area contributed by atoms with Crippen molar-refractivity contribution >= 4 is 40.5 Å². The molecule has 1 aliphatic rings. The fourth-order valence-electron chi connectivity index (χ4n) is 2.42. The van der Waals surface area contributed by atoms with E-state index in [1.807, 2.05) is 24.3 Å². The second kappa shape index (κ2) is 5.24. The Morgan fingerprint density at radius 1 is 1.05 bits per heavy atom. The van der Waals surface area contributed by atoms with E-state index in [9.17, 15) is 4.79 Å². The van der Waals surface area contributed by atoms with Crippen LogP contribution in [0.15, 0.2) is 42.5 Å². The van der Waals surface area contributed by atoms with Gasteiger partial charge in [-0.05, 0) is 42.7 Å². The van der Waals surface area contributed by atoms with E-state index in [0.717, 1.165) is 18.4 Å². The highest BCUT2D eigenvalue weighted by molar-refractivity contribution is 6.39. The molecular formula is C16H14Cl2N2O. The van der Waals surface area contributed by atoms with Gasteiger partial charge in [0.15, 0.2) is 0 Å². The molecule has 0 radical (unpaired) electrons. The minimum absolute atomic E-state index is 0.0812. The summed E-state index contributed by atoms with van der Waals surface area (Å²) in [6.45, 7) is 0. The van der Waals surface area contributed by atoms with Crippen LogP contribution in [0.3, 0.4) is 0 Å². The number of rotatable bonds is 3. The molecule has 5 heteroatoms. The summed E-state index contributed by atoms with van der Waals surface area (Å²) in [6, 6.07) is 12.6. The number of hydrogen-bond acceptors (Lipinski definition) is 2. The smallest absolute Gasteiger partial charge is 0.235 e. The summed E-state index contributed by atoms with van der Waals surface area (Å²) >= 11 is 12.2. The van der Waals surface area contributed by atoms with Gasteiger partial charge < -0.3 is 11.1 Å². The highest BCUT2D eigenvalue weighted by Gasteiger charge is 2.51. The van der Waals surface area contributed by atoms with Crippen LogP contribution in [0.2, 0.25) is 10.0 Å². The Morgan fingerprint density at radius 2 is 1.62 bits per heavy atom. The molecule has 0 atom stereocenters. The number of nitrogen functional groups attached to an aromatic ring is 1. The largest absolute Gasteiger partial charge is 0.399 e. The predicted octanol–water partition coefficient (Wildman–Crippen LogP) is 4.25. The third-order valence-corrected chi connectivity index (χ3v) is 4.48. The Labute approximate surface area is 133 Å². The fourth-order valence-corrected chi connectivity index (χ4v) is 2.92. The molecule has 1 aliphatic carbocycles. The topological polar surface area (TPSA) is 55.1 Å². The number of halogens is 2. The van der Waals surface area contributed by atoms with E-state index in [4.69, 9.17) is 28.9 Å². The first-order chi connectivity index (χ1) is 10.0. The molecule has 0 heterocycles. The van der Waals surface area contributed by atoms with Crippen molar-refractivity contribution in [2.45, 2.75) is 18.3 Å². The first-order valence-electron chi connectivity index (χ1n) is 6.64. The maximum atomic E-state index is 12.6. The Morgan fingerprint density at radius 3 is 2.14 bits per heavy atom. The number of carbonyl (C=O) groups is 1. The number of anilines is 2. The lowest BCUT2D eigenvalue weighted by atomic mass is 9.94. The van der Waals surface area contributed by atoms with Crippen LogP contribution in [0.4, 0.5) is 11.4 Å². The SMILES string of the molecule is Nc1ccc(C2(C(=O)Nc3c(Cl)cccc3Cl)CC2)cc1. The highest BCUT2D eigenvalue weighted by atomic mass is 35.5. The van der Waals surface area contributed by atoms with Crippen molar-refractivity contribution in [3.8, 4) is 0 Å². The van der Waals surface area contributed by atoms with Crippen LogP contribution in [0.5, 0.6) is 0 Å². The van der Waals surface area contributed by atoms with Gasteiger partial charge in [-0.1, -0.05) is 41.4 Å². The summed E-state index contributed by atoms with van der Waals surface area (Å²) in [5.41, 5.74) is 7.32. The van der Waals surface area contributed by atoms with Crippen LogP contribution in [0.25, 0.3) is 0 Å². The van der Waals surface area contributed by atoms with Crippen LogP contribution in [-0.2, 0) is 10.2 Å². The fraction of sp³-hybridized carbons (Fsp3) is 0.188. The molecule has 0 unspecified atom stereocenters. The third-order valence-electron chi connectivity index (χ3n) is 3.85. The van der Waals surface area contributed by atoms with Gasteiger partial charge in [-0.15, -0.1) is 0 Å². The average molecular weight is 321 g/mol. The molecule has 0 aliphatic heterocycles. The van der Waals surface area contributed by atoms with Crippen molar-refractivity contribution in [2.24, 2.45) is 0 Å². The minimum Gasteiger partial charge on any atom is -0.399 e. The molecule has 1 amide bonds. The van der Waals surface area contributed by atoms with Crippen molar-refractivity contribution in [3.05, 3.63) is 58.1 Å². The van der Waals surface area contributed by atoms with Gasteiger partial charge in [-0.3, -0.25) is 4.79 Å². The zero-order chi connectivity index (χ0) is 15.0. The maximum Gasteiger partial charge on any atom is 0.235 e. The Bertz CT molecular complexity index is 674. The van der Waals surface area contributed by atoms with E-state index in [1.165, 1.54) is 0 Å². The van der Waals surface area contributed by atoms with E-state index in [-0.39, 0.29) is 5.91 Å². The van der Waals surface area contributed by atoms with E-state index in [1.54, 1.807) is 18.2 Å². The van der Waals surface area contributed by atoms with Crippen LogP contribution in [0, 0.1) is 0 Å². The van der Waals surface area contributed by atoms with Gasteiger partial charge in [0.1, 0.15) is 0 Å². The summed E-state index contributed by atoms with van der Waals surface area (Å²) < 4.78 is 0. The number of para-hydroxylation sites is 1. The molecular weight excluding hydrogens is 307 g/mol. The molecule has 3 nitrogen and oxygen atoms in total. The van der Waals surface area contributed by atoms with Crippen LogP contribution < -0.4 is 11.1 Å². The number of nitrogens with two attached hydrogens (primary N) is 1. The van der Waals surface area contributed by atoms with Gasteiger partial charge in [-0.2, -0.15) is 0 Å². The second-order valence-corrected chi connectivity index (χ2v) is 6.07. The van der Waals surface area contributed by atoms with Crippen molar-refractivity contribution < 1.29 is 4.79 Å². The quantitative estimate of drug-likeness (QED) is 0.831. The second-order valence-electron chi connectivity index (χ2n) is 5.25. The number of carbonyl (C=O) groups excluding carboxylic acids is 1. The summed E-state index contributed by atoms with van der Waals surface area (Å²) in [4.78, 5) is 12.6. The van der Waals surface area contributed by atoms with E-state index >= 15 is 0 Å². The van der Waals surface area contributed by atoms with Gasteiger partial charge in [0.05, 0.1) is 21.1 Å². The molecule has 0 bridgehead atoms. The molecule has 3 N–H and O–H groups in total. The van der Waals surface area contributed by atoms with E-state index < -0.39 is 5.41 Å². The molecule has 2 aromatic carbocycles. The highest BCUT2D eigenvalue weighted by Crippen LogP contribution is 2.49. The maximum absolute atomic E-state index is 12.6. The summed E-state index contributed by atoms with van der Waals surface area (Å²) in [7, 11) is 0. The molecule has 0 aromatic heterocycles. The average Bonchev–Trinajstić information content (AvgIpc) is 3.25. The molecule has 1 saturated carbocycles. The number of nitrogens with one attached hydrogen (secondary N) is 1. The normalized spacial score (nSPS) is 15.5. The lowest BCUT2D eigenvalue weighted by molar-refractivity contribution is -0.118. The number of hydrogen-bond donors (Lipinski definition) is 2. The van der Waals surface area contributed by atoms with Crippen molar-refractivity contribution in [1.82, 2.24) is 0 Å². The molecule has 0 spiro atoms. The summed E-state index contributed by atoms with van der Waals surface area (Å²) in [5, 5.41) is 3.73. The monoisotopic (exact) mass is 320 g/mol. The molecule has 108 valence electrons. The Hall–Kier alpha value is -1.71. The number of benzene rings is 2. The summed E-state index contributed by atoms with van der Waals surface area (Å²) in [5.74, 6) is -0.0812. The van der Waals surface area contributed by atoms with Gasteiger partial charge >= 0.3 is 0 Å². The standard InChI is InChI=1S/C16H14Cl2N2O/c17-12-2-1-3-13(18)14(12)20-15(21)16(8-9-16)10-4-6-11(19)7-5-10/h1-7H,8-9,19H2,(H,20,21). The van der Waals surface area contributed by atoms with Crippen molar-refractivity contribution in [1.29, 1.82) is 0 Å². The summed E-state index contributed by atoms with van der Waals surface area (Å²) in [6.07, 6.45) is 1.62. The third kappa shape index (κ3) is 2.59. The molecule has 1 fully saturated rings. The molecule has 0 saturated heterocycles. The Kier molecular flexibility index (Phi) is 3.56. The Balaban J connectivity index is 1.87. The van der Waals surface area contributed by atoms with Gasteiger partial charge in [0.25, 0.3) is 0 Å². The molecule has 3 rings (SSSR count). The molecule has 21 heavy (non-hydrogen) atoms. The number of amides is 1. The van der Waals surface area contributed by atoms with Gasteiger partial charge in [0.2, 0.25) is 5.91 Å². The zero-order valence-corrected chi connectivity index (χ0v) is 12.7. The first kappa shape index (κ1) is 14.2. The van der Waals surface area contributed by atoms with E-state index in [0.29, 0.717) is 21.4 Å².